The van der Waals surface area contributed by atoms with Crippen LogP contribution in [-0.4, -0.2) is 23.1 Å². The van der Waals surface area contributed by atoms with E-state index in [0.717, 1.165) is 18.2 Å². The maximum atomic E-state index is 10.8. The fraction of sp³-hybridized carbons (Fsp3) is 0.833. The molecule has 0 aromatic carbocycles. The minimum Gasteiger partial charge on any atom is -0.358 e. The Morgan fingerprint density at radius 1 is 1.70 bits per heavy atom. The second-order valence-electron chi connectivity index (χ2n) is 1.91. The molecule has 2 nitrogen and oxygen atoms in total. The van der Waals surface area contributed by atoms with Gasteiger partial charge in [-0.25, -0.2) is 0 Å². The Morgan fingerprint density at radius 2 is 2.30 bits per heavy atom. The second kappa shape index (κ2) is 6.16. The summed E-state index contributed by atoms with van der Waals surface area (Å²) < 4.78 is 0. The topological polar surface area (TPSA) is 29.1 Å². The molecular formula is C6H11Br2NO. The van der Waals surface area contributed by atoms with Crippen molar-refractivity contribution < 1.29 is 4.79 Å². The largest absolute Gasteiger partial charge is 0.358 e. The molecule has 1 amide bonds. The highest BCUT2D eigenvalue weighted by molar-refractivity contribution is 9.10. The number of carbonyl (C=O) groups is 1. The van der Waals surface area contributed by atoms with E-state index in [4.69, 9.17) is 0 Å². The maximum absolute atomic E-state index is 10.8. The maximum Gasteiger partial charge on any atom is 0.233 e. The molecule has 0 fully saturated rings. The summed E-state index contributed by atoms with van der Waals surface area (Å²) in [5.41, 5.74) is 0. The van der Waals surface area contributed by atoms with Crippen LogP contribution >= 0.6 is 31.9 Å². The number of nitrogens with one attached hydrogen (secondary N) is 1. The van der Waals surface area contributed by atoms with Gasteiger partial charge in [-0.2, -0.15) is 0 Å². The van der Waals surface area contributed by atoms with Crippen LogP contribution in [0.15, 0.2) is 0 Å². The molecule has 0 heterocycles. The molecule has 0 saturated heterocycles. The van der Waals surface area contributed by atoms with Crippen molar-refractivity contribution in [1.29, 1.82) is 0 Å². The molecule has 0 aliphatic heterocycles. The van der Waals surface area contributed by atoms with E-state index < -0.39 is 0 Å². The number of alkyl halides is 2. The van der Waals surface area contributed by atoms with E-state index in [2.05, 4.69) is 37.2 Å². The molecule has 0 aromatic heterocycles. The molecule has 10 heavy (non-hydrogen) atoms. The molecule has 0 aliphatic rings. The van der Waals surface area contributed by atoms with Crippen molar-refractivity contribution in [2.45, 2.75) is 17.7 Å². The average molecular weight is 273 g/mol. The Morgan fingerprint density at radius 3 is 2.70 bits per heavy atom. The molecule has 1 atom stereocenters. The lowest BCUT2D eigenvalue weighted by molar-refractivity contribution is -0.120. The lowest BCUT2D eigenvalue weighted by Gasteiger charge is -2.05. The first-order valence-electron chi connectivity index (χ1n) is 3.14. The van der Waals surface area contributed by atoms with Gasteiger partial charge in [0.05, 0.1) is 4.83 Å². The van der Waals surface area contributed by atoms with E-state index in [1.54, 1.807) is 7.05 Å². The van der Waals surface area contributed by atoms with Gasteiger partial charge in [0, 0.05) is 12.4 Å². The standard InChI is InChI=1S/C6H11Br2NO/c1-9-6(10)5(8)3-2-4-7/h5H,2-4H2,1H3,(H,9,10)/t5-/m0/s1. The molecule has 60 valence electrons. The zero-order chi connectivity index (χ0) is 7.98. The second-order valence-corrected chi connectivity index (χ2v) is 3.81. The van der Waals surface area contributed by atoms with E-state index in [9.17, 15) is 4.79 Å². The fourth-order valence-corrected chi connectivity index (χ4v) is 1.42. The molecule has 0 bridgehead atoms. The number of hydrogen-bond donors (Lipinski definition) is 1. The van der Waals surface area contributed by atoms with Crippen molar-refractivity contribution in [1.82, 2.24) is 5.32 Å². The van der Waals surface area contributed by atoms with Gasteiger partial charge in [-0.3, -0.25) is 4.79 Å². The van der Waals surface area contributed by atoms with Crippen molar-refractivity contribution >= 4 is 37.8 Å². The van der Waals surface area contributed by atoms with Gasteiger partial charge in [-0.15, -0.1) is 0 Å². The van der Waals surface area contributed by atoms with Crippen molar-refractivity contribution in [3.8, 4) is 0 Å². The van der Waals surface area contributed by atoms with Crippen LogP contribution in [0.4, 0.5) is 0 Å². The third-order valence-corrected chi connectivity index (χ3v) is 2.56. The zero-order valence-electron chi connectivity index (χ0n) is 5.86. The third kappa shape index (κ3) is 4.28. The van der Waals surface area contributed by atoms with Crippen molar-refractivity contribution in [3.63, 3.8) is 0 Å². The lowest BCUT2D eigenvalue weighted by atomic mass is 10.2. The van der Waals surface area contributed by atoms with Crippen molar-refractivity contribution in [2.75, 3.05) is 12.4 Å². The minimum atomic E-state index is -0.0324. The number of amides is 1. The van der Waals surface area contributed by atoms with E-state index in [1.165, 1.54) is 0 Å². The third-order valence-electron chi connectivity index (χ3n) is 1.12. The molecule has 4 heteroatoms. The summed E-state index contributed by atoms with van der Waals surface area (Å²) in [6.07, 6.45) is 1.90. The summed E-state index contributed by atoms with van der Waals surface area (Å²) in [5, 5.41) is 3.52. The summed E-state index contributed by atoms with van der Waals surface area (Å²) in [6.45, 7) is 0. The normalized spacial score (nSPS) is 12.7. The fourth-order valence-electron chi connectivity index (χ4n) is 0.544. The van der Waals surface area contributed by atoms with Gasteiger partial charge in [0.25, 0.3) is 0 Å². The van der Waals surface area contributed by atoms with E-state index >= 15 is 0 Å². The SMILES string of the molecule is CNC(=O)[C@@H](Br)CCCBr. The Balaban J connectivity index is 3.41. The van der Waals surface area contributed by atoms with Gasteiger partial charge in [0.1, 0.15) is 0 Å². The number of carbonyl (C=O) groups excluding carboxylic acids is 1. The molecule has 0 spiro atoms. The van der Waals surface area contributed by atoms with Gasteiger partial charge in [0.2, 0.25) is 5.91 Å². The summed E-state index contributed by atoms with van der Waals surface area (Å²) in [7, 11) is 1.64. The first-order chi connectivity index (χ1) is 4.72. The molecule has 0 rings (SSSR count). The molecule has 0 aromatic rings. The minimum absolute atomic E-state index is 0.0324. The van der Waals surface area contributed by atoms with Crippen LogP contribution in [0.25, 0.3) is 0 Å². The predicted octanol–water partition coefficient (Wildman–Crippen LogP) is 1.67. The molecule has 0 saturated carbocycles. The summed E-state index contributed by atoms with van der Waals surface area (Å²) in [4.78, 5) is 10.8. The van der Waals surface area contributed by atoms with Gasteiger partial charge < -0.3 is 5.32 Å². The summed E-state index contributed by atoms with van der Waals surface area (Å²) in [5.74, 6) is 0.0564. The highest BCUT2D eigenvalue weighted by Gasteiger charge is 2.10. The predicted molar refractivity (Wildman–Crippen MR) is 49.8 cm³/mol. The van der Waals surface area contributed by atoms with Gasteiger partial charge >= 0.3 is 0 Å². The van der Waals surface area contributed by atoms with Gasteiger partial charge in [-0.1, -0.05) is 31.9 Å². The number of hydrogen-bond acceptors (Lipinski definition) is 1. The van der Waals surface area contributed by atoms with Crippen LogP contribution in [0.5, 0.6) is 0 Å². The smallest absolute Gasteiger partial charge is 0.233 e. The molecular weight excluding hydrogens is 262 g/mol. The van der Waals surface area contributed by atoms with Crippen LogP contribution in [0, 0.1) is 0 Å². The van der Waals surface area contributed by atoms with Crippen molar-refractivity contribution in [2.24, 2.45) is 0 Å². The first-order valence-corrected chi connectivity index (χ1v) is 5.17. The Hall–Kier alpha value is 0.430. The number of halogens is 2. The molecule has 1 N–H and O–H groups in total. The van der Waals surface area contributed by atoms with Gasteiger partial charge in [0.15, 0.2) is 0 Å². The van der Waals surface area contributed by atoms with Crippen LogP contribution in [-0.2, 0) is 4.79 Å². The Kier molecular flexibility index (Phi) is 6.43. The number of rotatable bonds is 4. The molecule has 0 aliphatic carbocycles. The average Bonchev–Trinajstić information content (AvgIpc) is 1.98. The van der Waals surface area contributed by atoms with Crippen LogP contribution in [0.3, 0.4) is 0 Å². The Bertz CT molecular complexity index is 108. The Labute approximate surface area is 78.0 Å². The quantitative estimate of drug-likeness (QED) is 0.775. The molecule has 0 unspecified atom stereocenters. The highest BCUT2D eigenvalue weighted by Crippen LogP contribution is 2.08. The lowest BCUT2D eigenvalue weighted by Crippen LogP contribution is -2.27. The first kappa shape index (κ1) is 10.4. The summed E-state index contributed by atoms with van der Waals surface area (Å²) in [6, 6.07) is 0. The van der Waals surface area contributed by atoms with Crippen LogP contribution in [0.1, 0.15) is 12.8 Å². The monoisotopic (exact) mass is 271 g/mol. The van der Waals surface area contributed by atoms with Crippen LogP contribution < -0.4 is 5.32 Å². The van der Waals surface area contributed by atoms with Crippen molar-refractivity contribution in [3.05, 3.63) is 0 Å². The molecule has 0 radical (unpaired) electrons. The zero-order valence-corrected chi connectivity index (χ0v) is 9.03. The van der Waals surface area contributed by atoms with E-state index in [0.29, 0.717) is 0 Å². The highest BCUT2D eigenvalue weighted by atomic mass is 79.9. The van der Waals surface area contributed by atoms with Gasteiger partial charge in [-0.05, 0) is 12.8 Å². The van der Waals surface area contributed by atoms with E-state index in [1.807, 2.05) is 0 Å². The van der Waals surface area contributed by atoms with Crippen LogP contribution in [0.2, 0.25) is 0 Å². The summed E-state index contributed by atoms with van der Waals surface area (Å²) >= 11 is 6.57. The van der Waals surface area contributed by atoms with E-state index in [-0.39, 0.29) is 10.7 Å².